The topological polar surface area (TPSA) is 58.6 Å². The Labute approximate surface area is 239 Å². The second-order valence-electron chi connectivity index (χ2n) is 9.10. The normalized spacial score (nSPS) is 11.4. The molecule has 0 spiro atoms. The van der Waals surface area contributed by atoms with E-state index in [0.29, 0.717) is 35.2 Å². The predicted molar refractivity (Wildman–Crippen MR) is 156 cm³/mol. The lowest BCUT2D eigenvalue weighted by Gasteiger charge is -2.31. The summed E-state index contributed by atoms with van der Waals surface area (Å²) in [5.41, 5.74) is 2.92. The molecule has 0 heterocycles. The second-order valence-corrected chi connectivity index (χ2v) is 9.94. The maximum Gasteiger partial charge on any atom is 0.261 e. The number of ether oxygens (including phenoxy) is 1. The van der Waals surface area contributed by atoms with E-state index in [-0.39, 0.29) is 25.0 Å². The molecule has 5 nitrogen and oxygen atoms in total. The van der Waals surface area contributed by atoms with Crippen molar-refractivity contribution in [2.45, 2.75) is 25.4 Å². The minimum atomic E-state index is -0.763. The van der Waals surface area contributed by atoms with E-state index in [0.717, 1.165) is 16.7 Å². The Morgan fingerprint density at radius 2 is 1.36 bits per heavy atom. The number of benzene rings is 4. The van der Waals surface area contributed by atoms with Gasteiger partial charge in [0.15, 0.2) is 6.61 Å². The molecular formula is C32H30Cl2N2O3. The van der Waals surface area contributed by atoms with Gasteiger partial charge in [0.05, 0.1) is 5.02 Å². The van der Waals surface area contributed by atoms with Gasteiger partial charge in [-0.25, -0.2) is 0 Å². The number of nitrogens with one attached hydrogen (secondary N) is 1. The molecule has 4 rings (SSSR count). The van der Waals surface area contributed by atoms with E-state index in [4.69, 9.17) is 27.9 Å². The first-order valence-corrected chi connectivity index (χ1v) is 13.5. The van der Waals surface area contributed by atoms with Crippen molar-refractivity contribution in [3.05, 3.63) is 136 Å². The van der Waals surface area contributed by atoms with Crippen molar-refractivity contribution in [2.75, 3.05) is 13.2 Å². The number of para-hydroxylation sites is 1. The van der Waals surface area contributed by atoms with Crippen LogP contribution in [0.5, 0.6) is 5.75 Å². The number of hydrogen-bond acceptors (Lipinski definition) is 3. The van der Waals surface area contributed by atoms with Crippen LogP contribution >= 0.6 is 23.2 Å². The van der Waals surface area contributed by atoms with Crippen molar-refractivity contribution in [3.63, 3.8) is 0 Å². The lowest BCUT2D eigenvalue weighted by atomic mass is 10.0. The standard InChI is InChI=1S/C32H30Cl2N2O3/c33-27-17-15-26(16-18-27)22-36(31(37)23-39-30-14-8-7-13-28(30)34)29(21-25-11-5-2-6-12-25)32(38)35-20-19-24-9-3-1-4-10-24/h1-18,29H,19-23H2,(H,35,38). The van der Waals surface area contributed by atoms with Crippen molar-refractivity contribution >= 4 is 35.0 Å². The molecule has 0 aliphatic rings. The summed E-state index contributed by atoms with van der Waals surface area (Å²) in [7, 11) is 0. The molecule has 0 aliphatic heterocycles. The molecule has 0 saturated heterocycles. The Morgan fingerprint density at radius 1 is 0.744 bits per heavy atom. The summed E-state index contributed by atoms with van der Waals surface area (Å²) in [6.45, 7) is 0.401. The number of hydrogen-bond donors (Lipinski definition) is 1. The summed E-state index contributed by atoms with van der Waals surface area (Å²) in [4.78, 5) is 28.9. The largest absolute Gasteiger partial charge is 0.482 e. The van der Waals surface area contributed by atoms with Crippen LogP contribution in [0.15, 0.2) is 109 Å². The fourth-order valence-corrected chi connectivity index (χ4v) is 4.53. The van der Waals surface area contributed by atoms with Crippen LogP contribution in [0.25, 0.3) is 0 Å². The van der Waals surface area contributed by atoms with Crippen LogP contribution in [0, 0.1) is 0 Å². The third kappa shape index (κ3) is 8.60. The van der Waals surface area contributed by atoms with E-state index in [9.17, 15) is 9.59 Å². The summed E-state index contributed by atoms with van der Waals surface area (Å²) < 4.78 is 5.78. The smallest absolute Gasteiger partial charge is 0.261 e. The Hall–Kier alpha value is -3.80. The molecule has 0 fully saturated rings. The highest BCUT2D eigenvalue weighted by molar-refractivity contribution is 6.32. The lowest BCUT2D eigenvalue weighted by Crippen LogP contribution is -2.52. The molecule has 0 saturated carbocycles. The molecule has 4 aromatic carbocycles. The fraction of sp³-hybridized carbons (Fsp3) is 0.188. The number of carbonyl (C=O) groups excluding carboxylic acids is 2. The van der Waals surface area contributed by atoms with Crippen LogP contribution < -0.4 is 10.1 Å². The highest BCUT2D eigenvalue weighted by Crippen LogP contribution is 2.24. The van der Waals surface area contributed by atoms with E-state index < -0.39 is 6.04 Å². The third-order valence-electron chi connectivity index (χ3n) is 6.28. The monoisotopic (exact) mass is 560 g/mol. The maximum atomic E-state index is 13.7. The van der Waals surface area contributed by atoms with Gasteiger partial charge in [-0.3, -0.25) is 9.59 Å². The average molecular weight is 562 g/mol. The van der Waals surface area contributed by atoms with Crippen LogP contribution in [0.3, 0.4) is 0 Å². The van der Waals surface area contributed by atoms with E-state index in [1.807, 2.05) is 72.8 Å². The number of halogens is 2. The van der Waals surface area contributed by atoms with Crippen LogP contribution in [0.2, 0.25) is 10.0 Å². The van der Waals surface area contributed by atoms with Gasteiger partial charge in [-0.2, -0.15) is 0 Å². The van der Waals surface area contributed by atoms with Gasteiger partial charge < -0.3 is 15.0 Å². The summed E-state index contributed by atoms with van der Waals surface area (Å²) in [5, 5.41) is 4.06. The molecule has 200 valence electrons. The highest BCUT2D eigenvalue weighted by atomic mass is 35.5. The van der Waals surface area contributed by atoms with Crippen LogP contribution in [0.1, 0.15) is 16.7 Å². The molecule has 0 aliphatic carbocycles. The average Bonchev–Trinajstić information content (AvgIpc) is 2.96. The first kappa shape index (κ1) is 28.2. The van der Waals surface area contributed by atoms with Gasteiger partial charge in [0.1, 0.15) is 11.8 Å². The Kier molecular flexibility index (Phi) is 10.4. The van der Waals surface area contributed by atoms with E-state index in [1.165, 1.54) is 0 Å². The van der Waals surface area contributed by atoms with Gasteiger partial charge in [0, 0.05) is 24.5 Å². The van der Waals surface area contributed by atoms with Gasteiger partial charge in [-0.15, -0.1) is 0 Å². The van der Waals surface area contributed by atoms with E-state index >= 15 is 0 Å². The maximum absolute atomic E-state index is 13.7. The summed E-state index contributed by atoms with van der Waals surface area (Å²) in [5.74, 6) is -0.148. The summed E-state index contributed by atoms with van der Waals surface area (Å²) >= 11 is 12.3. The minimum absolute atomic E-state index is 0.214. The van der Waals surface area contributed by atoms with Gasteiger partial charge in [-0.1, -0.05) is 108 Å². The zero-order chi connectivity index (χ0) is 27.5. The number of carbonyl (C=O) groups is 2. The minimum Gasteiger partial charge on any atom is -0.482 e. The van der Waals surface area contributed by atoms with Gasteiger partial charge in [0.2, 0.25) is 5.91 Å². The zero-order valence-electron chi connectivity index (χ0n) is 21.4. The molecule has 4 aromatic rings. The number of rotatable bonds is 12. The summed E-state index contributed by atoms with van der Waals surface area (Å²) in [6.07, 6.45) is 1.04. The first-order chi connectivity index (χ1) is 19.0. The Bertz CT molecular complexity index is 1350. The molecule has 0 aromatic heterocycles. The van der Waals surface area contributed by atoms with Crippen LogP contribution in [0.4, 0.5) is 0 Å². The molecule has 2 amide bonds. The zero-order valence-corrected chi connectivity index (χ0v) is 22.9. The van der Waals surface area contributed by atoms with Crippen LogP contribution in [-0.4, -0.2) is 35.9 Å². The second kappa shape index (κ2) is 14.4. The molecule has 39 heavy (non-hydrogen) atoms. The van der Waals surface area contributed by atoms with Crippen molar-refractivity contribution < 1.29 is 14.3 Å². The highest BCUT2D eigenvalue weighted by Gasteiger charge is 2.30. The van der Waals surface area contributed by atoms with E-state index in [2.05, 4.69) is 5.32 Å². The van der Waals surface area contributed by atoms with Crippen molar-refractivity contribution in [1.29, 1.82) is 0 Å². The van der Waals surface area contributed by atoms with Gasteiger partial charge in [-0.05, 0) is 47.4 Å². The Morgan fingerprint density at radius 3 is 2.03 bits per heavy atom. The number of amides is 2. The fourth-order valence-electron chi connectivity index (χ4n) is 4.22. The molecular weight excluding hydrogens is 531 g/mol. The molecule has 1 atom stereocenters. The Balaban J connectivity index is 1.57. The van der Waals surface area contributed by atoms with Crippen molar-refractivity contribution in [2.24, 2.45) is 0 Å². The first-order valence-electron chi connectivity index (χ1n) is 12.8. The molecule has 0 bridgehead atoms. The summed E-state index contributed by atoms with van der Waals surface area (Å²) in [6, 6.07) is 33.1. The third-order valence-corrected chi connectivity index (χ3v) is 6.85. The predicted octanol–water partition coefficient (Wildman–Crippen LogP) is 6.37. The molecule has 7 heteroatoms. The molecule has 1 N–H and O–H groups in total. The van der Waals surface area contributed by atoms with Crippen LogP contribution in [-0.2, 0) is 29.0 Å². The van der Waals surface area contributed by atoms with Crippen molar-refractivity contribution in [1.82, 2.24) is 10.2 Å². The quantitative estimate of drug-likeness (QED) is 0.219. The SMILES string of the molecule is O=C(NCCc1ccccc1)C(Cc1ccccc1)N(Cc1ccc(Cl)cc1)C(=O)COc1ccccc1Cl. The van der Waals surface area contributed by atoms with E-state index in [1.54, 1.807) is 41.3 Å². The van der Waals surface area contributed by atoms with Gasteiger partial charge >= 0.3 is 0 Å². The van der Waals surface area contributed by atoms with Gasteiger partial charge in [0.25, 0.3) is 5.91 Å². The molecule has 1 unspecified atom stereocenters. The van der Waals surface area contributed by atoms with Crippen molar-refractivity contribution in [3.8, 4) is 5.75 Å². The number of nitrogens with zero attached hydrogens (tertiary/aromatic N) is 1. The lowest BCUT2D eigenvalue weighted by molar-refractivity contribution is -0.142. The molecule has 0 radical (unpaired) electrons.